The Morgan fingerprint density at radius 1 is 0.460 bits per heavy atom. The third-order valence-electron chi connectivity index (χ3n) is 13.1. The van der Waals surface area contributed by atoms with Gasteiger partial charge in [0.15, 0.2) is 0 Å². The quantitative estimate of drug-likeness (QED) is 0.188. The molecule has 0 N–H and O–H groups in total. The van der Waals surface area contributed by atoms with Gasteiger partial charge in [-0.05, 0) is 111 Å². The Morgan fingerprint density at radius 2 is 0.680 bits per heavy atom. The zero-order valence-electron chi connectivity index (χ0n) is 31.8. The van der Waals surface area contributed by atoms with Crippen LogP contribution in [0.1, 0.15) is 198 Å². The second-order valence-electron chi connectivity index (χ2n) is 16.5. The molecule has 0 spiro atoms. The Kier molecular flexibility index (Phi) is 22.6. The van der Waals surface area contributed by atoms with Crippen molar-refractivity contribution >= 4 is 36.5 Å². The summed E-state index contributed by atoms with van der Waals surface area (Å²) in [6.07, 6.45) is 47.2. The van der Waals surface area contributed by atoms with Crippen LogP contribution in [-0.4, -0.2) is 40.7 Å². The Balaban J connectivity index is 0.000000172. The third kappa shape index (κ3) is 14.6. The van der Waals surface area contributed by atoms with Crippen molar-refractivity contribution < 1.29 is 20.9 Å². The molecule has 1 nitrogen and oxygen atoms in total. The van der Waals surface area contributed by atoms with Crippen molar-refractivity contribution in [2.45, 2.75) is 227 Å². The maximum Gasteiger partial charge on any atom is 0.281 e. The monoisotopic (exact) mass is 828 g/mol. The largest absolute Gasteiger partial charge is 0.281 e. The number of rotatable bonds is 8. The van der Waals surface area contributed by atoms with Crippen LogP contribution >= 0.6 is 25.5 Å². The first-order valence-corrected chi connectivity index (χ1v) is 27.7. The minimum Gasteiger partial charge on any atom is -0.281 e. The van der Waals surface area contributed by atoms with Crippen LogP contribution in [0.15, 0.2) is 36.9 Å². The summed E-state index contributed by atoms with van der Waals surface area (Å²) in [6, 6.07) is 10.0. The standard InChI is InChI=1S/2C18H33P.C8H7.CO.ClH.Ru/c2*1-4-10-16(11-5-1)19(17-12-6-2-7-13-17)18-14-8-3-9-15-18;1-2-8-6-4-3-5-7-8;1-2;;/h2*16-18H,1-15H2;3-7H,1H2;;1H;/q;;;;;+1/p-1. The Morgan fingerprint density at radius 3 is 0.880 bits per heavy atom. The summed E-state index contributed by atoms with van der Waals surface area (Å²) >= 11 is -0.200. The van der Waals surface area contributed by atoms with E-state index in [2.05, 4.69) is 13.4 Å². The fraction of sp³-hybridized carbons (Fsp3) is 0.800. The minimum absolute atomic E-state index is 0.200. The zero-order valence-corrected chi connectivity index (χ0v) is 36.1. The van der Waals surface area contributed by atoms with Gasteiger partial charge in [-0.1, -0.05) is 131 Å². The van der Waals surface area contributed by atoms with Crippen LogP contribution in [0.5, 0.6) is 0 Å². The molecule has 5 heteroatoms. The second-order valence-corrected chi connectivity index (χ2v) is 24.8. The molecule has 0 unspecified atom stereocenters. The van der Waals surface area contributed by atoms with Crippen molar-refractivity contribution in [1.82, 2.24) is 0 Å². The van der Waals surface area contributed by atoms with Crippen molar-refractivity contribution in [2.24, 2.45) is 0 Å². The van der Waals surface area contributed by atoms with Gasteiger partial charge in [0, 0.05) is 0 Å². The Bertz CT molecular complexity index is 848. The zero-order chi connectivity index (χ0) is 35.2. The molecule has 0 bridgehead atoms. The van der Waals surface area contributed by atoms with E-state index in [1.165, 1.54) is 72.5 Å². The summed E-state index contributed by atoms with van der Waals surface area (Å²) < 4.78 is 1.06. The summed E-state index contributed by atoms with van der Waals surface area (Å²) in [5, 5.41) is 0. The predicted molar refractivity (Wildman–Crippen MR) is 222 cm³/mol. The summed E-state index contributed by atoms with van der Waals surface area (Å²) in [5.41, 5.74) is 8.30. The van der Waals surface area contributed by atoms with Crippen molar-refractivity contribution in [1.29, 1.82) is 0 Å². The van der Waals surface area contributed by atoms with E-state index in [1.54, 1.807) is 154 Å². The van der Waals surface area contributed by atoms with Gasteiger partial charge in [0.25, 0.3) is 6.79 Å². The van der Waals surface area contributed by atoms with Gasteiger partial charge in [-0.2, -0.15) is 0 Å². The molecular weight excluding hydrogens is 755 g/mol. The average molecular weight is 829 g/mol. The van der Waals surface area contributed by atoms with Gasteiger partial charge in [-0.15, -0.1) is 0 Å². The normalized spacial score (nSPS) is 24.0. The van der Waals surface area contributed by atoms with E-state index in [4.69, 9.17) is 14.5 Å². The van der Waals surface area contributed by atoms with Gasteiger partial charge in [-0.25, -0.2) is 0 Å². The molecule has 7 rings (SSSR count). The number of hydrogen-bond acceptors (Lipinski definition) is 1. The van der Waals surface area contributed by atoms with Crippen LogP contribution in [0.4, 0.5) is 0 Å². The third-order valence-corrected chi connectivity index (χ3v) is 23.1. The molecule has 0 aliphatic heterocycles. The second kappa shape index (κ2) is 26.2. The molecule has 1 aromatic rings. The Labute approximate surface area is 324 Å². The number of carbonyl (C=O) groups excluding carboxylic acids is 1. The first-order valence-electron chi connectivity index (χ1n) is 21.5. The Hall–Kier alpha value is 0.403. The van der Waals surface area contributed by atoms with E-state index in [1.807, 2.05) is 30.3 Å². The molecule has 0 aromatic heterocycles. The summed E-state index contributed by atoms with van der Waals surface area (Å²) in [6.45, 7) is 8.35. The maximum absolute atomic E-state index is 7.50. The molecule has 6 aliphatic carbocycles. The molecule has 284 valence electrons. The van der Waals surface area contributed by atoms with Crippen LogP contribution in [0.25, 0.3) is 4.17 Å². The first-order chi connectivity index (χ1) is 24.7. The van der Waals surface area contributed by atoms with Gasteiger partial charge in [0.1, 0.15) is 0 Å². The topological polar surface area (TPSA) is 17.1 Å². The van der Waals surface area contributed by atoms with E-state index < -0.39 is 0 Å². The molecule has 6 fully saturated rings. The molecule has 0 saturated heterocycles. The number of hydrogen-bond donors (Lipinski definition) is 0. The molecule has 50 heavy (non-hydrogen) atoms. The van der Waals surface area contributed by atoms with Crippen LogP contribution in [-0.2, 0) is 20.9 Å². The molecule has 0 atom stereocenters. The maximum atomic E-state index is 7.50. The molecule has 0 amide bonds. The SMILES string of the molecule is C1CCC(P(C2CCCCC2)C2CCCCC2)CC1.C1CCC(P(C2CCCCC2)C2CCCCC2)CC1.C=[C]([Ru][Cl])c1ccccc1.[C]=O. The molecule has 2 radical (unpaired) electrons. The summed E-state index contributed by atoms with van der Waals surface area (Å²) in [5.74, 6) is 0. The van der Waals surface area contributed by atoms with E-state index in [-0.39, 0.29) is 16.1 Å². The number of benzene rings is 1. The van der Waals surface area contributed by atoms with Crippen LogP contribution in [0.2, 0.25) is 0 Å². The van der Waals surface area contributed by atoms with E-state index in [0.717, 1.165) is 9.73 Å². The molecular formula is C45H73ClOP2Ru. The molecule has 1 aromatic carbocycles. The summed E-state index contributed by atoms with van der Waals surface area (Å²) in [4.78, 5) is 7.50. The molecule has 6 saturated carbocycles. The van der Waals surface area contributed by atoms with Crippen LogP contribution in [0, 0.1) is 0 Å². The van der Waals surface area contributed by atoms with E-state index in [9.17, 15) is 0 Å². The van der Waals surface area contributed by atoms with Crippen LogP contribution in [0.3, 0.4) is 0 Å². The molecule has 6 aliphatic rings. The first kappa shape index (κ1) is 43.1. The van der Waals surface area contributed by atoms with Crippen LogP contribution < -0.4 is 0 Å². The van der Waals surface area contributed by atoms with Gasteiger partial charge in [-0.3, -0.25) is 4.79 Å². The summed E-state index contributed by atoms with van der Waals surface area (Å²) in [7, 11) is 6.45. The molecule has 0 heterocycles. The fourth-order valence-corrected chi connectivity index (χ4v) is 21.0. The average Bonchev–Trinajstić information content (AvgIpc) is 3.22. The van der Waals surface area contributed by atoms with Gasteiger partial charge >= 0.3 is 72.5 Å². The fourth-order valence-electron chi connectivity index (χ4n) is 10.7. The van der Waals surface area contributed by atoms with Crippen molar-refractivity contribution in [3.63, 3.8) is 0 Å². The van der Waals surface area contributed by atoms with E-state index in [0.29, 0.717) is 15.8 Å². The predicted octanol–water partition coefficient (Wildman–Crippen LogP) is 15.4. The van der Waals surface area contributed by atoms with Gasteiger partial charge in [0.05, 0.1) is 0 Å². The van der Waals surface area contributed by atoms with E-state index >= 15 is 0 Å². The van der Waals surface area contributed by atoms with Gasteiger partial charge in [0.2, 0.25) is 0 Å². The number of halogens is 1. The van der Waals surface area contributed by atoms with Gasteiger partial charge < -0.3 is 0 Å². The minimum atomic E-state index is -0.200. The van der Waals surface area contributed by atoms with Crippen molar-refractivity contribution in [2.75, 3.05) is 0 Å². The smallest absolute Gasteiger partial charge is 0.281 e. The van der Waals surface area contributed by atoms with Crippen molar-refractivity contribution in [3.8, 4) is 0 Å². The van der Waals surface area contributed by atoms with Crippen molar-refractivity contribution in [3.05, 3.63) is 42.5 Å².